The largest absolute Gasteiger partial charge is 0.469 e. The molecule has 0 bridgehead atoms. The van der Waals surface area contributed by atoms with Crippen molar-refractivity contribution in [2.24, 2.45) is 11.8 Å². The van der Waals surface area contributed by atoms with Crippen LogP contribution in [0.5, 0.6) is 0 Å². The van der Waals surface area contributed by atoms with Gasteiger partial charge in [-0.2, -0.15) is 0 Å². The van der Waals surface area contributed by atoms with Crippen molar-refractivity contribution in [1.82, 2.24) is 0 Å². The molecule has 0 N–H and O–H groups in total. The first-order valence-electron chi connectivity index (χ1n) is 7.28. The van der Waals surface area contributed by atoms with Gasteiger partial charge in [-0.15, -0.1) is 0 Å². The van der Waals surface area contributed by atoms with Gasteiger partial charge < -0.3 is 4.74 Å². The van der Waals surface area contributed by atoms with E-state index in [-0.39, 0.29) is 17.8 Å². The van der Waals surface area contributed by atoms with E-state index in [1.54, 1.807) is 0 Å². The number of ketones is 1. The molecule has 1 aliphatic carbocycles. The molecule has 0 aliphatic heterocycles. The zero-order valence-corrected chi connectivity index (χ0v) is 11.7. The lowest BCUT2D eigenvalue weighted by molar-refractivity contribution is -0.142. The molecule has 0 aromatic heterocycles. The number of ether oxygens (including phenoxy) is 1. The molecule has 1 saturated carbocycles. The lowest BCUT2D eigenvalue weighted by atomic mass is 9.81. The molecule has 0 aromatic carbocycles. The average molecular weight is 254 g/mol. The predicted octanol–water partition coefficient (Wildman–Crippen LogP) is 3.51. The summed E-state index contributed by atoms with van der Waals surface area (Å²) in [5, 5.41) is 0. The third-order valence-electron chi connectivity index (χ3n) is 4.01. The van der Waals surface area contributed by atoms with Crippen LogP contribution >= 0.6 is 0 Å². The molecule has 3 heteroatoms. The molecule has 2 atom stereocenters. The van der Waals surface area contributed by atoms with E-state index in [9.17, 15) is 9.59 Å². The van der Waals surface area contributed by atoms with Crippen molar-refractivity contribution >= 4 is 11.8 Å². The summed E-state index contributed by atoms with van der Waals surface area (Å²) in [4.78, 5) is 23.6. The van der Waals surface area contributed by atoms with Crippen LogP contribution in [0.3, 0.4) is 0 Å². The number of unbranched alkanes of at least 4 members (excludes halogenated alkanes) is 2. The van der Waals surface area contributed by atoms with Gasteiger partial charge in [0, 0.05) is 18.8 Å². The molecular weight excluding hydrogens is 228 g/mol. The van der Waals surface area contributed by atoms with Crippen molar-refractivity contribution in [1.29, 1.82) is 0 Å². The third kappa shape index (κ3) is 4.79. The summed E-state index contributed by atoms with van der Waals surface area (Å²) in [7, 11) is 1.42. The summed E-state index contributed by atoms with van der Waals surface area (Å²) in [5.41, 5.74) is 0. The standard InChI is InChI=1S/C15H26O3/c1-3-4-5-9-13-12(11-15(17)18-2)8-6-7-10-14(13)16/h12-13H,3-11H2,1-2H3/t12-,13-/m0/s1. The van der Waals surface area contributed by atoms with Crippen LogP contribution in [0.25, 0.3) is 0 Å². The van der Waals surface area contributed by atoms with Crippen LogP contribution in [-0.4, -0.2) is 18.9 Å². The molecule has 0 radical (unpaired) electrons. The second-order valence-electron chi connectivity index (χ2n) is 5.35. The molecule has 1 aliphatic rings. The summed E-state index contributed by atoms with van der Waals surface area (Å²) in [5.74, 6) is 0.509. The van der Waals surface area contributed by atoms with E-state index in [0.29, 0.717) is 18.6 Å². The Hall–Kier alpha value is -0.860. The van der Waals surface area contributed by atoms with Gasteiger partial charge in [0.25, 0.3) is 0 Å². The first kappa shape index (κ1) is 15.2. The highest BCUT2D eigenvalue weighted by atomic mass is 16.5. The lowest BCUT2D eigenvalue weighted by Gasteiger charge is -2.23. The number of rotatable bonds is 6. The summed E-state index contributed by atoms with van der Waals surface area (Å²) >= 11 is 0. The minimum atomic E-state index is -0.171. The SMILES string of the molecule is CCCCC[C@@H]1C(=O)CCCC[C@H]1CC(=O)OC. The second kappa shape index (κ2) is 8.28. The van der Waals surface area contributed by atoms with Gasteiger partial charge in [-0.25, -0.2) is 0 Å². The molecule has 0 spiro atoms. The minimum Gasteiger partial charge on any atom is -0.469 e. The summed E-state index contributed by atoms with van der Waals surface area (Å²) in [6, 6.07) is 0. The number of esters is 1. The van der Waals surface area contributed by atoms with Crippen molar-refractivity contribution in [3.8, 4) is 0 Å². The number of methoxy groups -OCH3 is 1. The Balaban J connectivity index is 2.60. The van der Waals surface area contributed by atoms with Crippen LogP contribution in [0.15, 0.2) is 0 Å². The number of carbonyl (C=O) groups is 2. The zero-order valence-electron chi connectivity index (χ0n) is 11.7. The maximum absolute atomic E-state index is 12.1. The number of hydrogen-bond donors (Lipinski definition) is 0. The first-order valence-corrected chi connectivity index (χ1v) is 7.28. The van der Waals surface area contributed by atoms with E-state index < -0.39 is 0 Å². The molecule has 1 fully saturated rings. The number of hydrogen-bond acceptors (Lipinski definition) is 3. The number of carbonyl (C=O) groups excluding carboxylic acids is 2. The summed E-state index contributed by atoms with van der Waals surface area (Å²) < 4.78 is 4.75. The highest BCUT2D eigenvalue weighted by Gasteiger charge is 2.31. The van der Waals surface area contributed by atoms with Crippen molar-refractivity contribution in [3.63, 3.8) is 0 Å². The second-order valence-corrected chi connectivity index (χ2v) is 5.35. The molecule has 3 nitrogen and oxygen atoms in total. The van der Waals surface area contributed by atoms with Gasteiger partial charge in [-0.3, -0.25) is 9.59 Å². The van der Waals surface area contributed by atoms with E-state index in [0.717, 1.165) is 32.1 Å². The Labute approximate surface area is 110 Å². The molecule has 18 heavy (non-hydrogen) atoms. The van der Waals surface area contributed by atoms with Gasteiger partial charge in [0.2, 0.25) is 0 Å². The fraction of sp³-hybridized carbons (Fsp3) is 0.867. The lowest BCUT2D eigenvalue weighted by Crippen LogP contribution is -2.24. The fourth-order valence-corrected chi connectivity index (χ4v) is 2.91. The van der Waals surface area contributed by atoms with Crippen LogP contribution in [-0.2, 0) is 14.3 Å². The first-order chi connectivity index (χ1) is 8.69. The molecule has 0 unspecified atom stereocenters. The van der Waals surface area contributed by atoms with E-state index >= 15 is 0 Å². The molecule has 0 amide bonds. The van der Waals surface area contributed by atoms with Crippen molar-refractivity contribution in [2.75, 3.05) is 7.11 Å². The van der Waals surface area contributed by atoms with Crippen LogP contribution in [0, 0.1) is 11.8 Å². The van der Waals surface area contributed by atoms with Crippen LogP contribution in [0.4, 0.5) is 0 Å². The molecule has 0 heterocycles. The summed E-state index contributed by atoms with van der Waals surface area (Å²) in [6.07, 6.45) is 8.57. The van der Waals surface area contributed by atoms with Crippen LogP contribution in [0.2, 0.25) is 0 Å². The molecular formula is C15H26O3. The van der Waals surface area contributed by atoms with E-state index in [2.05, 4.69) is 6.92 Å². The molecule has 104 valence electrons. The quantitative estimate of drug-likeness (QED) is 0.414. The van der Waals surface area contributed by atoms with Gasteiger partial charge in [0.15, 0.2) is 0 Å². The molecule has 1 rings (SSSR count). The maximum Gasteiger partial charge on any atom is 0.305 e. The maximum atomic E-state index is 12.1. The number of Topliss-reactive ketones (excluding diaryl/α,β-unsaturated/α-hetero) is 1. The average Bonchev–Trinajstić information content (AvgIpc) is 2.53. The van der Waals surface area contributed by atoms with E-state index in [4.69, 9.17) is 4.74 Å². The Morgan fingerprint density at radius 2 is 2.11 bits per heavy atom. The van der Waals surface area contributed by atoms with Gasteiger partial charge in [-0.05, 0) is 25.2 Å². The predicted molar refractivity (Wildman–Crippen MR) is 71.2 cm³/mol. The van der Waals surface area contributed by atoms with Crippen LogP contribution < -0.4 is 0 Å². The molecule has 0 aromatic rings. The van der Waals surface area contributed by atoms with Crippen molar-refractivity contribution in [2.45, 2.75) is 64.7 Å². The Bertz CT molecular complexity index is 273. The Morgan fingerprint density at radius 1 is 1.33 bits per heavy atom. The third-order valence-corrected chi connectivity index (χ3v) is 4.01. The smallest absolute Gasteiger partial charge is 0.305 e. The van der Waals surface area contributed by atoms with Crippen LogP contribution in [0.1, 0.15) is 64.7 Å². The minimum absolute atomic E-state index is 0.0955. The monoisotopic (exact) mass is 254 g/mol. The van der Waals surface area contributed by atoms with E-state index in [1.807, 2.05) is 0 Å². The van der Waals surface area contributed by atoms with Crippen molar-refractivity contribution < 1.29 is 14.3 Å². The molecule has 0 saturated heterocycles. The van der Waals surface area contributed by atoms with Gasteiger partial charge >= 0.3 is 5.97 Å². The van der Waals surface area contributed by atoms with Gasteiger partial charge in [0.05, 0.1) is 7.11 Å². The normalized spacial score (nSPS) is 24.7. The van der Waals surface area contributed by atoms with Gasteiger partial charge in [-0.1, -0.05) is 32.6 Å². The van der Waals surface area contributed by atoms with Gasteiger partial charge in [0.1, 0.15) is 5.78 Å². The topological polar surface area (TPSA) is 43.4 Å². The fourth-order valence-electron chi connectivity index (χ4n) is 2.91. The van der Waals surface area contributed by atoms with Crippen molar-refractivity contribution in [3.05, 3.63) is 0 Å². The highest BCUT2D eigenvalue weighted by molar-refractivity contribution is 5.82. The highest BCUT2D eigenvalue weighted by Crippen LogP contribution is 2.32. The Morgan fingerprint density at radius 3 is 2.78 bits per heavy atom. The van der Waals surface area contributed by atoms with E-state index in [1.165, 1.54) is 20.0 Å². The summed E-state index contributed by atoms with van der Waals surface area (Å²) in [6.45, 7) is 2.17. The zero-order chi connectivity index (χ0) is 13.4. The Kier molecular flexibility index (Phi) is 6.99.